The molecule has 1 aliphatic carbocycles. The van der Waals surface area contributed by atoms with E-state index in [1.54, 1.807) is 0 Å². The molecule has 3 aliphatic rings. The predicted octanol–water partition coefficient (Wildman–Crippen LogP) is 1.92. The van der Waals surface area contributed by atoms with E-state index >= 15 is 0 Å². The van der Waals surface area contributed by atoms with Gasteiger partial charge in [-0.15, -0.1) is 0 Å². The van der Waals surface area contributed by atoms with Crippen molar-refractivity contribution in [1.82, 2.24) is 4.90 Å². The molecule has 0 saturated carbocycles. The molecule has 2 aliphatic heterocycles. The Labute approximate surface area is 84.3 Å². The molecule has 0 radical (unpaired) electrons. The van der Waals surface area contributed by atoms with E-state index < -0.39 is 0 Å². The monoisotopic (exact) mass is 186 g/mol. The van der Waals surface area contributed by atoms with Crippen molar-refractivity contribution in [3.05, 3.63) is 35.6 Å². The standard InChI is InChI=1S/C12H14N2/c1-2-9-14(8-1)12-6-7-13-11-5-3-4-10(11)12/h3-7,11H,1-2,8-9H2/t11-/m0/s1. The van der Waals surface area contributed by atoms with Crippen molar-refractivity contribution < 1.29 is 0 Å². The lowest BCUT2D eigenvalue weighted by molar-refractivity contribution is 0.430. The normalized spacial score (nSPS) is 29.1. The summed E-state index contributed by atoms with van der Waals surface area (Å²) in [5.41, 5.74) is 2.78. The molecule has 1 saturated heterocycles. The highest BCUT2D eigenvalue weighted by Gasteiger charge is 2.24. The highest BCUT2D eigenvalue weighted by atomic mass is 15.2. The number of allylic oxidation sites excluding steroid dienone is 3. The zero-order chi connectivity index (χ0) is 9.38. The number of fused-ring (bicyclic) bond motifs is 1. The maximum atomic E-state index is 4.43. The second-order valence-electron chi connectivity index (χ2n) is 4.00. The van der Waals surface area contributed by atoms with Crippen LogP contribution in [0, 0.1) is 0 Å². The number of dihydropyridines is 1. The van der Waals surface area contributed by atoms with Crippen LogP contribution in [0.1, 0.15) is 12.8 Å². The first-order valence-corrected chi connectivity index (χ1v) is 5.32. The lowest BCUT2D eigenvalue weighted by Gasteiger charge is -2.26. The van der Waals surface area contributed by atoms with Gasteiger partial charge in [-0.25, -0.2) is 0 Å². The van der Waals surface area contributed by atoms with Gasteiger partial charge in [0, 0.05) is 30.6 Å². The lowest BCUT2D eigenvalue weighted by Crippen LogP contribution is -2.24. The number of likely N-dealkylation sites (tertiary alicyclic amines) is 1. The van der Waals surface area contributed by atoms with Crippen LogP contribution >= 0.6 is 0 Å². The van der Waals surface area contributed by atoms with Gasteiger partial charge in [-0.3, -0.25) is 4.99 Å². The first-order valence-electron chi connectivity index (χ1n) is 5.32. The fourth-order valence-electron chi connectivity index (χ4n) is 2.38. The van der Waals surface area contributed by atoms with E-state index in [2.05, 4.69) is 34.2 Å². The zero-order valence-corrected chi connectivity index (χ0v) is 8.19. The topological polar surface area (TPSA) is 15.6 Å². The molecule has 2 heterocycles. The van der Waals surface area contributed by atoms with E-state index in [0.717, 1.165) is 0 Å². The van der Waals surface area contributed by atoms with Crippen LogP contribution < -0.4 is 0 Å². The Balaban J connectivity index is 1.91. The average molecular weight is 186 g/mol. The molecule has 2 nitrogen and oxygen atoms in total. The Kier molecular flexibility index (Phi) is 1.79. The molecule has 1 fully saturated rings. The molecule has 3 rings (SSSR count). The summed E-state index contributed by atoms with van der Waals surface area (Å²) in [5, 5.41) is 0. The van der Waals surface area contributed by atoms with Crippen LogP contribution in [0.25, 0.3) is 0 Å². The minimum absolute atomic E-state index is 0.301. The minimum Gasteiger partial charge on any atom is -0.371 e. The van der Waals surface area contributed by atoms with Crippen molar-refractivity contribution in [1.29, 1.82) is 0 Å². The molecule has 0 N–H and O–H groups in total. The van der Waals surface area contributed by atoms with Crippen molar-refractivity contribution in [2.24, 2.45) is 4.99 Å². The van der Waals surface area contributed by atoms with Crippen LogP contribution in [0.15, 0.2) is 40.6 Å². The van der Waals surface area contributed by atoms with Gasteiger partial charge < -0.3 is 4.90 Å². The fourth-order valence-corrected chi connectivity index (χ4v) is 2.38. The maximum absolute atomic E-state index is 4.43. The number of rotatable bonds is 1. The summed E-state index contributed by atoms with van der Waals surface area (Å²) in [5.74, 6) is 0. The molecule has 0 aromatic heterocycles. The molecule has 14 heavy (non-hydrogen) atoms. The largest absolute Gasteiger partial charge is 0.371 e. The summed E-state index contributed by atoms with van der Waals surface area (Å²) in [7, 11) is 0. The smallest absolute Gasteiger partial charge is 0.0953 e. The van der Waals surface area contributed by atoms with E-state index in [0.29, 0.717) is 6.04 Å². The van der Waals surface area contributed by atoms with E-state index in [1.165, 1.54) is 37.2 Å². The Morgan fingerprint density at radius 3 is 2.93 bits per heavy atom. The Morgan fingerprint density at radius 2 is 2.07 bits per heavy atom. The Morgan fingerprint density at radius 1 is 1.21 bits per heavy atom. The lowest BCUT2D eigenvalue weighted by atomic mass is 10.0. The van der Waals surface area contributed by atoms with Crippen molar-refractivity contribution in [3.63, 3.8) is 0 Å². The first-order chi connectivity index (χ1) is 6.95. The van der Waals surface area contributed by atoms with Crippen molar-refractivity contribution >= 4 is 6.21 Å². The van der Waals surface area contributed by atoms with Crippen molar-refractivity contribution in [2.45, 2.75) is 18.9 Å². The highest BCUT2D eigenvalue weighted by Crippen LogP contribution is 2.29. The summed E-state index contributed by atoms with van der Waals surface area (Å²) in [6, 6.07) is 0.301. The molecule has 72 valence electrons. The Hall–Kier alpha value is -1.31. The summed E-state index contributed by atoms with van der Waals surface area (Å²) in [4.78, 5) is 6.91. The first kappa shape index (κ1) is 8.04. The minimum atomic E-state index is 0.301. The fraction of sp³-hybridized carbons (Fsp3) is 0.417. The molecule has 0 aromatic rings. The van der Waals surface area contributed by atoms with E-state index in [-0.39, 0.29) is 0 Å². The predicted molar refractivity (Wildman–Crippen MR) is 58.4 cm³/mol. The van der Waals surface area contributed by atoms with Crippen molar-refractivity contribution in [3.8, 4) is 0 Å². The van der Waals surface area contributed by atoms with Crippen LogP contribution in [-0.2, 0) is 0 Å². The molecular formula is C12H14N2. The van der Waals surface area contributed by atoms with Gasteiger partial charge in [0.05, 0.1) is 6.04 Å². The quantitative estimate of drug-likeness (QED) is 0.611. The molecule has 0 spiro atoms. The number of hydrogen-bond donors (Lipinski definition) is 0. The van der Waals surface area contributed by atoms with Gasteiger partial charge in [0.25, 0.3) is 0 Å². The van der Waals surface area contributed by atoms with Gasteiger partial charge in [0.15, 0.2) is 0 Å². The third kappa shape index (κ3) is 1.14. The number of nitrogens with zero attached hydrogens (tertiary/aromatic N) is 2. The Bertz CT molecular complexity index is 355. The molecule has 0 aromatic carbocycles. The van der Waals surface area contributed by atoms with Gasteiger partial charge in [-0.05, 0) is 18.9 Å². The second kappa shape index (κ2) is 3.12. The van der Waals surface area contributed by atoms with Gasteiger partial charge in [-0.1, -0.05) is 18.2 Å². The molecule has 1 atom stereocenters. The number of hydrogen-bond acceptors (Lipinski definition) is 2. The summed E-state index contributed by atoms with van der Waals surface area (Å²) < 4.78 is 0. The van der Waals surface area contributed by atoms with Gasteiger partial charge in [-0.2, -0.15) is 0 Å². The number of aliphatic imine (C=N–C) groups is 1. The molecule has 0 amide bonds. The van der Waals surface area contributed by atoms with E-state index in [1.807, 2.05) is 6.21 Å². The summed E-state index contributed by atoms with van der Waals surface area (Å²) in [6.45, 7) is 2.42. The van der Waals surface area contributed by atoms with Crippen molar-refractivity contribution in [2.75, 3.05) is 13.1 Å². The third-order valence-electron chi connectivity index (χ3n) is 3.11. The van der Waals surface area contributed by atoms with Gasteiger partial charge in [0.2, 0.25) is 0 Å². The SMILES string of the molecule is C1=C[C@@H]2N=CC=C(N3CCCC3)C2=C1. The molecule has 0 unspecified atom stereocenters. The summed E-state index contributed by atoms with van der Waals surface area (Å²) in [6.07, 6.45) is 13.2. The third-order valence-corrected chi connectivity index (χ3v) is 3.11. The zero-order valence-electron chi connectivity index (χ0n) is 8.19. The average Bonchev–Trinajstić information content (AvgIpc) is 2.88. The summed E-state index contributed by atoms with van der Waals surface area (Å²) >= 11 is 0. The second-order valence-corrected chi connectivity index (χ2v) is 4.00. The molecule has 0 bridgehead atoms. The van der Waals surface area contributed by atoms with E-state index in [4.69, 9.17) is 0 Å². The maximum Gasteiger partial charge on any atom is 0.0953 e. The van der Waals surface area contributed by atoms with Gasteiger partial charge >= 0.3 is 0 Å². The van der Waals surface area contributed by atoms with Gasteiger partial charge in [0.1, 0.15) is 0 Å². The van der Waals surface area contributed by atoms with Crippen LogP contribution in [0.3, 0.4) is 0 Å². The molecule has 2 heteroatoms. The van der Waals surface area contributed by atoms with Crippen LogP contribution in [0.2, 0.25) is 0 Å². The van der Waals surface area contributed by atoms with Crippen LogP contribution in [-0.4, -0.2) is 30.2 Å². The van der Waals surface area contributed by atoms with Crippen LogP contribution in [0.5, 0.6) is 0 Å². The highest BCUT2D eigenvalue weighted by molar-refractivity contribution is 5.77. The molecular weight excluding hydrogens is 172 g/mol. The van der Waals surface area contributed by atoms with Crippen LogP contribution in [0.4, 0.5) is 0 Å². The van der Waals surface area contributed by atoms with E-state index in [9.17, 15) is 0 Å².